The molecule has 112 valence electrons. The molecule has 1 rings (SSSR count). The molecule has 1 aromatic rings. The molecule has 20 heavy (non-hydrogen) atoms. The zero-order valence-corrected chi connectivity index (χ0v) is 12.8. The van der Waals surface area contributed by atoms with E-state index in [0.717, 1.165) is 11.3 Å². The quantitative estimate of drug-likeness (QED) is 0.889. The molecule has 0 spiro atoms. The van der Waals surface area contributed by atoms with E-state index in [0.29, 0.717) is 0 Å². The topological polar surface area (TPSA) is 73.6 Å². The average molecular weight is 280 g/mol. The third-order valence-corrected chi connectivity index (χ3v) is 2.67. The standard InChI is InChI=1S/C15H24N2O3/c1-10(16)13(17-14(18)20-15(2,3)4)11-6-8-12(19-5)9-7-11/h6-10,13H,16H2,1-5H3,(H,17,18). The van der Waals surface area contributed by atoms with Gasteiger partial charge in [0, 0.05) is 6.04 Å². The first kappa shape index (κ1) is 16.3. The minimum absolute atomic E-state index is 0.240. The number of carbonyl (C=O) groups is 1. The monoisotopic (exact) mass is 280 g/mol. The van der Waals surface area contributed by atoms with Crippen LogP contribution in [0.3, 0.4) is 0 Å². The Bertz CT molecular complexity index is 435. The van der Waals surface area contributed by atoms with Gasteiger partial charge in [-0.3, -0.25) is 0 Å². The highest BCUT2D eigenvalue weighted by atomic mass is 16.6. The number of ether oxygens (including phenoxy) is 2. The first-order valence-corrected chi connectivity index (χ1v) is 6.62. The number of carbonyl (C=O) groups excluding carboxylic acids is 1. The van der Waals surface area contributed by atoms with Gasteiger partial charge in [0.05, 0.1) is 13.2 Å². The van der Waals surface area contributed by atoms with Gasteiger partial charge in [-0.05, 0) is 45.4 Å². The van der Waals surface area contributed by atoms with E-state index in [1.807, 2.05) is 52.0 Å². The molecule has 0 aromatic heterocycles. The molecule has 1 amide bonds. The van der Waals surface area contributed by atoms with Crippen LogP contribution >= 0.6 is 0 Å². The first-order chi connectivity index (χ1) is 9.23. The summed E-state index contributed by atoms with van der Waals surface area (Å²) in [7, 11) is 1.61. The lowest BCUT2D eigenvalue weighted by molar-refractivity contribution is 0.0497. The van der Waals surface area contributed by atoms with Gasteiger partial charge in [-0.25, -0.2) is 4.79 Å². The van der Waals surface area contributed by atoms with Gasteiger partial charge >= 0.3 is 6.09 Å². The van der Waals surface area contributed by atoms with Crippen molar-refractivity contribution in [3.8, 4) is 5.75 Å². The second kappa shape index (κ2) is 6.61. The fraction of sp³-hybridized carbons (Fsp3) is 0.533. The van der Waals surface area contributed by atoms with Crippen LogP contribution in [0.2, 0.25) is 0 Å². The summed E-state index contributed by atoms with van der Waals surface area (Å²) in [6.07, 6.45) is -0.476. The molecule has 0 aliphatic carbocycles. The Morgan fingerprint density at radius 2 is 1.80 bits per heavy atom. The van der Waals surface area contributed by atoms with Gasteiger partial charge in [0.1, 0.15) is 11.4 Å². The Labute approximate surface area is 120 Å². The molecule has 5 heteroatoms. The molecule has 0 saturated carbocycles. The molecule has 1 aromatic carbocycles. The Morgan fingerprint density at radius 3 is 2.20 bits per heavy atom. The van der Waals surface area contributed by atoms with Gasteiger partial charge < -0.3 is 20.5 Å². The minimum Gasteiger partial charge on any atom is -0.497 e. The van der Waals surface area contributed by atoms with Crippen molar-refractivity contribution in [1.29, 1.82) is 0 Å². The zero-order valence-electron chi connectivity index (χ0n) is 12.8. The van der Waals surface area contributed by atoms with Crippen LogP contribution in [0.1, 0.15) is 39.3 Å². The number of rotatable bonds is 4. The van der Waals surface area contributed by atoms with E-state index in [1.165, 1.54) is 0 Å². The molecular formula is C15H24N2O3. The van der Waals surface area contributed by atoms with Crippen molar-refractivity contribution < 1.29 is 14.3 Å². The maximum Gasteiger partial charge on any atom is 0.408 e. The number of amides is 1. The van der Waals surface area contributed by atoms with E-state index in [1.54, 1.807) is 7.11 Å². The van der Waals surface area contributed by atoms with E-state index in [9.17, 15) is 4.79 Å². The van der Waals surface area contributed by atoms with Crippen molar-refractivity contribution >= 4 is 6.09 Å². The van der Waals surface area contributed by atoms with Gasteiger partial charge in [-0.1, -0.05) is 12.1 Å². The second-order valence-electron chi connectivity index (χ2n) is 5.76. The number of nitrogens with two attached hydrogens (primary N) is 1. The molecule has 0 aliphatic heterocycles. The Morgan fingerprint density at radius 1 is 1.25 bits per heavy atom. The zero-order chi connectivity index (χ0) is 15.3. The molecule has 5 nitrogen and oxygen atoms in total. The summed E-state index contributed by atoms with van der Waals surface area (Å²) in [6, 6.07) is 6.88. The molecule has 0 bridgehead atoms. The number of nitrogens with one attached hydrogen (secondary N) is 1. The predicted molar refractivity (Wildman–Crippen MR) is 78.8 cm³/mol. The fourth-order valence-electron chi connectivity index (χ4n) is 1.76. The molecule has 0 saturated heterocycles. The highest BCUT2D eigenvalue weighted by Gasteiger charge is 2.22. The summed E-state index contributed by atoms with van der Waals surface area (Å²) in [5.41, 5.74) is 6.32. The average Bonchev–Trinajstić information content (AvgIpc) is 2.34. The molecule has 3 N–H and O–H groups in total. The summed E-state index contributed by atoms with van der Waals surface area (Å²) in [4.78, 5) is 11.9. The van der Waals surface area contributed by atoms with Crippen LogP contribution in [0.4, 0.5) is 4.79 Å². The maximum atomic E-state index is 11.9. The van der Waals surface area contributed by atoms with Crippen molar-refractivity contribution in [2.75, 3.05) is 7.11 Å². The summed E-state index contributed by atoms with van der Waals surface area (Å²) in [6.45, 7) is 7.30. The van der Waals surface area contributed by atoms with Crippen LogP contribution in [0.15, 0.2) is 24.3 Å². The third kappa shape index (κ3) is 5.09. The van der Waals surface area contributed by atoms with Crippen molar-refractivity contribution in [2.24, 2.45) is 5.73 Å². The van der Waals surface area contributed by atoms with Crippen molar-refractivity contribution in [1.82, 2.24) is 5.32 Å². The summed E-state index contributed by atoms with van der Waals surface area (Å²) >= 11 is 0. The maximum absolute atomic E-state index is 11.9. The summed E-state index contributed by atoms with van der Waals surface area (Å²) < 4.78 is 10.4. The molecule has 0 fully saturated rings. The van der Waals surface area contributed by atoms with Crippen LogP contribution in [0.25, 0.3) is 0 Å². The SMILES string of the molecule is COc1ccc(C(NC(=O)OC(C)(C)C)C(C)N)cc1. The number of hydrogen-bond acceptors (Lipinski definition) is 4. The van der Waals surface area contributed by atoms with E-state index >= 15 is 0 Å². The Hall–Kier alpha value is -1.75. The van der Waals surface area contributed by atoms with Crippen molar-refractivity contribution in [3.63, 3.8) is 0 Å². The normalized spacial score (nSPS) is 14.3. The molecule has 0 radical (unpaired) electrons. The molecule has 2 unspecified atom stereocenters. The number of alkyl carbamates (subject to hydrolysis) is 1. The largest absolute Gasteiger partial charge is 0.497 e. The molecular weight excluding hydrogens is 256 g/mol. The Balaban J connectivity index is 2.81. The number of benzene rings is 1. The summed E-state index contributed by atoms with van der Waals surface area (Å²) in [5.74, 6) is 0.759. The van der Waals surface area contributed by atoms with Gasteiger partial charge in [0.2, 0.25) is 0 Å². The first-order valence-electron chi connectivity index (χ1n) is 6.62. The van der Waals surface area contributed by atoms with E-state index in [-0.39, 0.29) is 12.1 Å². The highest BCUT2D eigenvalue weighted by molar-refractivity contribution is 5.68. The van der Waals surface area contributed by atoms with Gasteiger partial charge in [0.25, 0.3) is 0 Å². The lowest BCUT2D eigenvalue weighted by atomic mass is 10.0. The van der Waals surface area contributed by atoms with Crippen molar-refractivity contribution in [2.45, 2.75) is 45.4 Å². The molecule has 0 aliphatic rings. The highest BCUT2D eigenvalue weighted by Crippen LogP contribution is 2.20. The summed E-state index contributed by atoms with van der Waals surface area (Å²) in [5, 5.41) is 2.80. The fourth-order valence-corrected chi connectivity index (χ4v) is 1.76. The molecule has 2 atom stereocenters. The third-order valence-electron chi connectivity index (χ3n) is 2.67. The van der Waals surface area contributed by atoms with E-state index in [4.69, 9.17) is 15.2 Å². The molecule has 0 heterocycles. The van der Waals surface area contributed by atoms with Gasteiger partial charge in [-0.15, -0.1) is 0 Å². The lowest BCUT2D eigenvalue weighted by Crippen LogP contribution is -2.41. The lowest BCUT2D eigenvalue weighted by Gasteiger charge is -2.26. The van der Waals surface area contributed by atoms with Crippen LogP contribution in [0, 0.1) is 0 Å². The number of methoxy groups -OCH3 is 1. The van der Waals surface area contributed by atoms with Crippen LogP contribution in [-0.4, -0.2) is 24.8 Å². The Kier molecular flexibility index (Phi) is 5.39. The second-order valence-corrected chi connectivity index (χ2v) is 5.76. The minimum atomic E-state index is -0.535. The van der Waals surface area contributed by atoms with Crippen molar-refractivity contribution in [3.05, 3.63) is 29.8 Å². The van der Waals surface area contributed by atoms with Gasteiger partial charge in [-0.2, -0.15) is 0 Å². The smallest absolute Gasteiger partial charge is 0.408 e. The van der Waals surface area contributed by atoms with Gasteiger partial charge in [0.15, 0.2) is 0 Å². The van der Waals surface area contributed by atoms with Crippen LogP contribution < -0.4 is 15.8 Å². The van der Waals surface area contributed by atoms with E-state index in [2.05, 4.69) is 5.32 Å². The van der Waals surface area contributed by atoms with Crippen LogP contribution in [-0.2, 0) is 4.74 Å². The number of hydrogen-bond donors (Lipinski definition) is 2. The van der Waals surface area contributed by atoms with E-state index < -0.39 is 11.7 Å². The predicted octanol–water partition coefficient (Wildman–Crippen LogP) is 2.61. The van der Waals surface area contributed by atoms with Crippen LogP contribution in [0.5, 0.6) is 5.75 Å².